The smallest absolute Gasteiger partial charge is 0.256 e. The average Bonchev–Trinajstić information content (AvgIpc) is 3.18. The second kappa shape index (κ2) is 7.87. The first kappa shape index (κ1) is 20.6. The highest BCUT2D eigenvalue weighted by Gasteiger charge is 2.18. The van der Waals surface area contributed by atoms with Gasteiger partial charge in [-0.15, -0.1) is 0 Å². The average molecular weight is 415 g/mol. The normalized spacial score (nSPS) is 11.5. The molecule has 1 N–H and O–H groups in total. The Bertz CT molecular complexity index is 1250. The van der Waals surface area contributed by atoms with E-state index in [9.17, 15) is 4.79 Å². The van der Waals surface area contributed by atoms with Crippen LogP contribution in [0.1, 0.15) is 42.4 Å². The van der Waals surface area contributed by atoms with Gasteiger partial charge in [0.1, 0.15) is 5.75 Å². The molecule has 0 atom stereocenters. The van der Waals surface area contributed by atoms with Crippen LogP contribution in [0.15, 0.2) is 61.1 Å². The molecule has 0 unspecified atom stereocenters. The molecule has 0 saturated carbocycles. The van der Waals surface area contributed by atoms with Gasteiger partial charge in [0.15, 0.2) is 0 Å². The SMILES string of the molecule is COc1ccc(-c2cccc(C(=O)Nc3cnc4nc(C(C)(C)C)cn4c3)c2C)cc1. The van der Waals surface area contributed by atoms with Crippen LogP contribution in [0.2, 0.25) is 0 Å². The van der Waals surface area contributed by atoms with E-state index in [0.717, 1.165) is 28.1 Å². The Hall–Kier alpha value is -3.67. The highest BCUT2D eigenvalue weighted by atomic mass is 16.5. The molecule has 6 nitrogen and oxygen atoms in total. The molecule has 0 spiro atoms. The van der Waals surface area contributed by atoms with E-state index in [2.05, 4.69) is 36.1 Å². The number of fused-ring (bicyclic) bond motifs is 1. The number of anilines is 1. The lowest BCUT2D eigenvalue weighted by molar-refractivity contribution is 0.102. The van der Waals surface area contributed by atoms with E-state index in [4.69, 9.17) is 4.74 Å². The number of nitrogens with one attached hydrogen (secondary N) is 1. The van der Waals surface area contributed by atoms with E-state index in [1.165, 1.54) is 0 Å². The fourth-order valence-corrected chi connectivity index (χ4v) is 3.47. The van der Waals surface area contributed by atoms with Crippen LogP contribution in [0.5, 0.6) is 5.75 Å². The fourth-order valence-electron chi connectivity index (χ4n) is 3.47. The summed E-state index contributed by atoms with van der Waals surface area (Å²) in [5.41, 5.74) is 5.07. The molecule has 4 aromatic rings. The minimum Gasteiger partial charge on any atom is -0.497 e. The van der Waals surface area contributed by atoms with Crippen molar-refractivity contribution in [2.45, 2.75) is 33.1 Å². The van der Waals surface area contributed by atoms with Crippen molar-refractivity contribution in [2.24, 2.45) is 0 Å². The van der Waals surface area contributed by atoms with Gasteiger partial charge in [-0.05, 0) is 41.8 Å². The van der Waals surface area contributed by atoms with Crippen LogP contribution < -0.4 is 10.1 Å². The van der Waals surface area contributed by atoms with Crippen LogP contribution in [0.25, 0.3) is 16.9 Å². The van der Waals surface area contributed by atoms with Crippen LogP contribution in [0.4, 0.5) is 5.69 Å². The van der Waals surface area contributed by atoms with Crippen molar-refractivity contribution in [3.8, 4) is 16.9 Å². The minimum absolute atomic E-state index is 0.0733. The van der Waals surface area contributed by atoms with Crippen LogP contribution in [0, 0.1) is 6.92 Å². The molecule has 158 valence electrons. The molecule has 0 aliphatic heterocycles. The topological polar surface area (TPSA) is 68.5 Å². The number of aromatic nitrogens is 3. The van der Waals surface area contributed by atoms with Crippen molar-refractivity contribution in [3.05, 3.63) is 77.9 Å². The third kappa shape index (κ3) is 4.14. The Morgan fingerprint density at radius 3 is 2.48 bits per heavy atom. The maximum Gasteiger partial charge on any atom is 0.256 e. The van der Waals surface area contributed by atoms with Crippen molar-refractivity contribution >= 4 is 17.4 Å². The third-order valence-corrected chi connectivity index (χ3v) is 5.32. The lowest BCUT2D eigenvalue weighted by atomic mass is 9.93. The summed E-state index contributed by atoms with van der Waals surface area (Å²) in [4.78, 5) is 22.0. The Kier molecular flexibility index (Phi) is 5.23. The summed E-state index contributed by atoms with van der Waals surface area (Å²) < 4.78 is 7.08. The van der Waals surface area contributed by atoms with Crippen LogP contribution in [-0.2, 0) is 5.41 Å². The van der Waals surface area contributed by atoms with Gasteiger partial charge in [0.25, 0.3) is 5.91 Å². The number of imidazole rings is 1. The van der Waals surface area contributed by atoms with Gasteiger partial charge in [0.05, 0.1) is 24.7 Å². The summed E-state index contributed by atoms with van der Waals surface area (Å²) >= 11 is 0. The van der Waals surface area contributed by atoms with Gasteiger partial charge >= 0.3 is 0 Å². The number of hydrogen-bond acceptors (Lipinski definition) is 4. The van der Waals surface area contributed by atoms with Gasteiger partial charge < -0.3 is 10.1 Å². The van der Waals surface area contributed by atoms with E-state index in [-0.39, 0.29) is 11.3 Å². The van der Waals surface area contributed by atoms with E-state index in [1.54, 1.807) is 13.3 Å². The zero-order valence-corrected chi connectivity index (χ0v) is 18.4. The maximum absolute atomic E-state index is 13.0. The molecule has 0 bridgehead atoms. The van der Waals surface area contributed by atoms with Crippen molar-refractivity contribution < 1.29 is 9.53 Å². The Balaban J connectivity index is 1.61. The summed E-state index contributed by atoms with van der Waals surface area (Å²) in [7, 11) is 1.64. The van der Waals surface area contributed by atoms with E-state index < -0.39 is 0 Å². The zero-order chi connectivity index (χ0) is 22.2. The Morgan fingerprint density at radius 2 is 1.81 bits per heavy atom. The summed E-state index contributed by atoms with van der Waals surface area (Å²) in [6.07, 6.45) is 5.42. The standard InChI is InChI=1S/C25H26N4O2/c1-16-20(17-9-11-19(31-5)12-10-17)7-6-8-21(16)23(30)27-18-13-26-24-28-22(25(2,3)4)15-29(24)14-18/h6-15H,1-5H3,(H,27,30). The van der Waals surface area contributed by atoms with Crippen LogP contribution in [-0.4, -0.2) is 27.4 Å². The molecule has 0 aliphatic carbocycles. The van der Waals surface area contributed by atoms with Crippen molar-refractivity contribution in [1.29, 1.82) is 0 Å². The van der Waals surface area contributed by atoms with E-state index in [0.29, 0.717) is 17.0 Å². The third-order valence-electron chi connectivity index (χ3n) is 5.32. The van der Waals surface area contributed by atoms with Gasteiger partial charge in [-0.1, -0.05) is 45.0 Å². The molecular weight excluding hydrogens is 388 g/mol. The summed E-state index contributed by atoms with van der Waals surface area (Å²) in [5.74, 6) is 1.23. The quantitative estimate of drug-likeness (QED) is 0.494. The van der Waals surface area contributed by atoms with E-state index >= 15 is 0 Å². The number of ether oxygens (including phenoxy) is 1. The predicted molar refractivity (Wildman–Crippen MR) is 123 cm³/mol. The van der Waals surface area contributed by atoms with Gasteiger partial charge in [-0.25, -0.2) is 9.97 Å². The van der Waals surface area contributed by atoms with Crippen molar-refractivity contribution in [2.75, 3.05) is 12.4 Å². The molecule has 0 fully saturated rings. The molecule has 6 heteroatoms. The predicted octanol–water partition coefficient (Wildman–Crippen LogP) is 5.26. The molecule has 2 heterocycles. The lowest BCUT2D eigenvalue weighted by Gasteiger charge is -2.13. The monoisotopic (exact) mass is 414 g/mol. The number of carbonyl (C=O) groups excluding carboxylic acids is 1. The second-order valence-electron chi connectivity index (χ2n) is 8.59. The maximum atomic E-state index is 13.0. The van der Waals surface area contributed by atoms with E-state index in [1.807, 2.05) is 66.2 Å². The molecule has 4 rings (SSSR count). The lowest BCUT2D eigenvalue weighted by Crippen LogP contribution is -2.14. The highest BCUT2D eigenvalue weighted by Crippen LogP contribution is 2.28. The molecule has 31 heavy (non-hydrogen) atoms. The van der Waals surface area contributed by atoms with Gasteiger partial charge in [-0.3, -0.25) is 9.20 Å². The number of carbonyl (C=O) groups is 1. The minimum atomic E-state index is -0.176. The van der Waals surface area contributed by atoms with Gasteiger partial charge in [0.2, 0.25) is 5.78 Å². The number of hydrogen-bond donors (Lipinski definition) is 1. The Labute approximate surface area is 181 Å². The summed E-state index contributed by atoms with van der Waals surface area (Å²) in [6, 6.07) is 13.6. The summed E-state index contributed by atoms with van der Waals surface area (Å²) in [5, 5.41) is 2.97. The molecule has 0 radical (unpaired) electrons. The number of amides is 1. The second-order valence-corrected chi connectivity index (χ2v) is 8.59. The first-order valence-corrected chi connectivity index (χ1v) is 10.2. The molecular formula is C25H26N4O2. The number of methoxy groups -OCH3 is 1. The van der Waals surface area contributed by atoms with Gasteiger partial charge in [-0.2, -0.15) is 0 Å². The van der Waals surface area contributed by atoms with Crippen molar-refractivity contribution in [1.82, 2.24) is 14.4 Å². The molecule has 2 aromatic heterocycles. The first-order valence-electron chi connectivity index (χ1n) is 10.2. The first-order chi connectivity index (χ1) is 14.8. The highest BCUT2D eigenvalue weighted by molar-refractivity contribution is 6.06. The van der Waals surface area contributed by atoms with Crippen LogP contribution in [0.3, 0.4) is 0 Å². The molecule has 0 aliphatic rings. The number of rotatable bonds is 4. The van der Waals surface area contributed by atoms with Crippen LogP contribution >= 0.6 is 0 Å². The summed E-state index contributed by atoms with van der Waals surface area (Å²) in [6.45, 7) is 8.28. The largest absolute Gasteiger partial charge is 0.497 e. The molecule has 0 saturated heterocycles. The molecule has 2 aromatic carbocycles. The van der Waals surface area contributed by atoms with Crippen molar-refractivity contribution in [3.63, 3.8) is 0 Å². The fraction of sp³-hybridized carbons (Fsp3) is 0.240. The zero-order valence-electron chi connectivity index (χ0n) is 18.4. The Morgan fingerprint density at radius 1 is 1.06 bits per heavy atom. The number of benzene rings is 2. The molecule has 1 amide bonds. The van der Waals surface area contributed by atoms with Gasteiger partial charge in [0, 0.05) is 23.4 Å². The number of nitrogens with zero attached hydrogens (tertiary/aromatic N) is 3.